The van der Waals surface area contributed by atoms with Crippen LogP contribution in [0.15, 0.2) is 24.3 Å². The summed E-state index contributed by atoms with van der Waals surface area (Å²) < 4.78 is 10.7. The van der Waals surface area contributed by atoms with Crippen LogP contribution in [0.4, 0.5) is 0 Å². The van der Waals surface area contributed by atoms with Gasteiger partial charge in [-0.05, 0) is 36.1 Å². The fourth-order valence-electron chi connectivity index (χ4n) is 1.74. The molecular formula is C16H27NO2. The second kappa shape index (κ2) is 8.18. The lowest BCUT2D eigenvalue weighted by Crippen LogP contribution is -2.21. The molecule has 0 aliphatic heterocycles. The fourth-order valence-corrected chi connectivity index (χ4v) is 1.74. The molecule has 19 heavy (non-hydrogen) atoms. The van der Waals surface area contributed by atoms with Crippen LogP contribution in [-0.4, -0.2) is 33.4 Å². The molecule has 1 aromatic carbocycles. The highest BCUT2D eigenvalue weighted by atomic mass is 16.5. The molecule has 0 aromatic heterocycles. The maximum atomic E-state index is 5.78. The number of ether oxygens (including phenoxy) is 2. The molecule has 1 aromatic rings. The van der Waals surface area contributed by atoms with Crippen LogP contribution in [0.5, 0.6) is 5.75 Å². The Bertz CT molecular complexity index is 358. The Hall–Kier alpha value is -1.06. The van der Waals surface area contributed by atoms with E-state index in [1.165, 1.54) is 5.56 Å². The summed E-state index contributed by atoms with van der Waals surface area (Å²) in [6.45, 7) is 10.0. The molecule has 1 rings (SSSR count). The molecule has 1 N–H and O–H groups in total. The standard InChI is InChI=1S/C16H27NO2/c1-16(2,3)14-7-5-8-15(13-14)19-11-6-9-17-10-12-18-4/h5,7-8,13,17H,6,9-12H2,1-4H3. The topological polar surface area (TPSA) is 30.5 Å². The van der Waals surface area contributed by atoms with Crippen molar-refractivity contribution >= 4 is 0 Å². The average molecular weight is 265 g/mol. The first-order chi connectivity index (χ1) is 9.04. The molecule has 0 fully saturated rings. The van der Waals surface area contributed by atoms with Crippen molar-refractivity contribution in [1.29, 1.82) is 0 Å². The van der Waals surface area contributed by atoms with Crippen LogP contribution < -0.4 is 10.1 Å². The number of hydrogen-bond donors (Lipinski definition) is 1. The van der Waals surface area contributed by atoms with E-state index in [0.29, 0.717) is 0 Å². The van der Waals surface area contributed by atoms with Crippen molar-refractivity contribution in [3.05, 3.63) is 29.8 Å². The lowest BCUT2D eigenvalue weighted by Gasteiger charge is -2.19. The van der Waals surface area contributed by atoms with E-state index >= 15 is 0 Å². The highest BCUT2D eigenvalue weighted by molar-refractivity contribution is 5.32. The van der Waals surface area contributed by atoms with Crippen molar-refractivity contribution in [2.45, 2.75) is 32.6 Å². The highest BCUT2D eigenvalue weighted by Gasteiger charge is 2.13. The zero-order valence-electron chi connectivity index (χ0n) is 12.7. The molecule has 3 nitrogen and oxygen atoms in total. The maximum absolute atomic E-state index is 5.78. The van der Waals surface area contributed by atoms with Gasteiger partial charge in [-0.1, -0.05) is 32.9 Å². The van der Waals surface area contributed by atoms with Crippen LogP contribution in [0.2, 0.25) is 0 Å². The Morgan fingerprint density at radius 1 is 1.11 bits per heavy atom. The first-order valence-electron chi connectivity index (χ1n) is 6.97. The molecule has 0 saturated heterocycles. The fraction of sp³-hybridized carbons (Fsp3) is 0.625. The van der Waals surface area contributed by atoms with Crippen LogP contribution in [0, 0.1) is 0 Å². The summed E-state index contributed by atoms with van der Waals surface area (Å²) in [6.07, 6.45) is 1.00. The quantitative estimate of drug-likeness (QED) is 0.733. The van der Waals surface area contributed by atoms with Crippen LogP contribution >= 0.6 is 0 Å². The third-order valence-corrected chi connectivity index (χ3v) is 2.95. The van der Waals surface area contributed by atoms with E-state index in [9.17, 15) is 0 Å². The Morgan fingerprint density at radius 3 is 2.58 bits per heavy atom. The average Bonchev–Trinajstić information content (AvgIpc) is 2.37. The Labute approximate surface area is 117 Å². The van der Waals surface area contributed by atoms with Gasteiger partial charge in [-0.3, -0.25) is 0 Å². The van der Waals surface area contributed by atoms with Crippen molar-refractivity contribution in [1.82, 2.24) is 5.32 Å². The molecular weight excluding hydrogens is 238 g/mol. The third kappa shape index (κ3) is 6.60. The van der Waals surface area contributed by atoms with Gasteiger partial charge in [0.05, 0.1) is 13.2 Å². The Kier molecular flexibility index (Phi) is 6.89. The molecule has 0 amide bonds. The summed E-state index contributed by atoms with van der Waals surface area (Å²) in [5.41, 5.74) is 1.48. The van der Waals surface area contributed by atoms with Gasteiger partial charge in [-0.15, -0.1) is 0 Å². The molecule has 0 bridgehead atoms. The summed E-state index contributed by atoms with van der Waals surface area (Å²) in [4.78, 5) is 0. The maximum Gasteiger partial charge on any atom is 0.119 e. The van der Waals surface area contributed by atoms with Crippen molar-refractivity contribution in [2.75, 3.05) is 33.4 Å². The van der Waals surface area contributed by atoms with Crippen molar-refractivity contribution in [3.8, 4) is 5.75 Å². The molecule has 3 heteroatoms. The predicted molar refractivity (Wildman–Crippen MR) is 80.0 cm³/mol. The number of benzene rings is 1. The number of rotatable bonds is 8. The van der Waals surface area contributed by atoms with Gasteiger partial charge in [0, 0.05) is 13.7 Å². The van der Waals surface area contributed by atoms with Gasteiger partial charge in [0.25, 0.3) is 0 Å². The second-order valence-electron chi connectivity index (χ2n) is 5.72. The highest BCUT2D eigenvalue weighted by Crippen LogP contribution is 2.25. The zero-order valence-corrected chi connectivity index (χ0v) is 12.7. The monoisotopic (exact) mass is 265 g/mol. The second-order valence-corrected chi connectivity index (χ2v) is 5.72. The minimum Gasteiger partial charge on any atom is -0.494 e. The molecule has 0 spiro atoms. The van der Waals surface area contributed by atoms with E-state index in [1.54, 1.807) is 7.11 Å². The predicted octanol–water partition coefficient (Wildman–Crippen LogP) is 2.99. The molecule has 0 heterocycles. The van der Waals surface area contributed by atoms with E-state index in [0.717, 1.165) is 38.5 Å². The number of methoxy groups -OCH3 is 1. The first kappa shape index (κ1) is 16.0. The van der Waals surface area contributed by atoms with E-state index in [2.05, 4.69) is 44.3 Å². The first-order valence-corrected chi connectivity index (χ1v) is 6.97. The van der Waals surface area contributed by atoms with Crippen molar-refractivity contribution in [2.24, 2.45) is 0 Å². The smallest absolute Gasteiger partial charge is 0.119 e. The van der Waals surface area contributed by atoms with E-state index in [4.69, 9.17) is 9.47 Å². The Balaban J connectivity index is 2.26. The van der Waals surface area contributed by atoms with Crippen molar-refractivity contribution < 1.29 is 9.47 Å². The van der Waals surface area contributed by atoms with Gasteiger partial charge in [0.15, 0.2) is 0 Å². The van der Waals surface area contributed by atoms with E-state index in [1.807, 2.05) is 6.07 Å². The van der Waals surface area contributed by atoms with E-state index < -0.39 is 0 Å². The van der Waals surface area contributed by atoms with Gasteiger partial charge in [0.1, 0.15) is 5.75 Å². The van der Waals surface area contributed by atoms with Crippen molar-refractivity contribution in [3.63, 3.8) is 0 Å². The van der Waals surface area contributed by atoms with Gasteiger partial charge >= 0.3 is 0 Å². The van der Waals surface area contributed by atoms with Crippen LogP contribution in [0.3, 0.4) is 0 Å². The molecule has 0 atom stereocenters. The summed E-state index contributed by atoms with van der Waals surface area (Å²) >= 11 is 0. The number of hydrogen-bond acceptors (Lipinski definition) is 3. The summed E-state index contributed by atoms with van der Waals surface area (Å²) in [5, 5.41) is 3.30. The lowest BCUT2D eigenvalue weighted by molar-refractivity contribution is 0.198. The summed E-state index contributed by atoms with van der Waals surface area (Å²) in [7, 11) is 1.72. The van der Waals surface area contributed by atoms with Gasteiger partial charge in [0.2, 0.25) is 0 Å². The molecule has 108 valence electrons. The van der Waals surface area contributed by atoms with E-state index in [-0.39, 0.29) is 5.41 Å². The van der Waals surface area contributed by atoms with Gasteiger partial charge in [-0.2, -0.15) is 0 Å². The molecule has 0 aliphatic rings. The van der Waals surface area contributed by atoms with Gasteiger partial charge in [-0.25, -0.2) is 0 Å². The largest absolute Gasteiger partial charge is 0.494 e. The summed E-state index contributed by atoms with van der Waals surface area (Å²) in [6, 6.07) is 8.37. The normalized spacial score (nSPS) is 11.6. The van der Waals surface area contributed by atoms with Crippen LogP contribution in [0.1, 0.15) is 32.8 Å². The lowest BCUT2D eigenvalue weighted by atomic mass is 9.87. The Morgan fingerprint density at radius 2 is 1.89 bits per heavy atom. The molecule has 0 unspecified atom stereocenters. The summed E-state index contributed by atoms with van der Waals surface area (Å²) in [5.74, 6) is 0.962. The molecule has 0 aliphatic carbocycles. The number of nitrogens with one attached hydrogen (secondary N) is 1. The third-order valence-electron chi connectivity index (χ3n) is 2.95. The zero-order chi connectivity index (χ0) is 14.1. The van der Waals surface area contributed by atoms with Gasteiger partial charge < -0.3 is 14.8 Å². The minimum atomic E-state index is 0.168. The minimum absolute atomic E-state index is 0.168. The molecule has 0 radical (unpaired) electrons. The molecule has 0 saturated carbocycles. The SMILES string of the molecule is COCCNCCCOc1cccc(C(C)(C)C)c1. The van der Waals surface area contributed by atoms with Crippen LogP contribution in [0.25, 0.3) is 0 Å². The van der Waals surface area contributed by atoms with Crippen LogP contribution in [-0.2, 0) is 10.2 Å².